The highest BCUT2D eigenvalue weighted by Crippen LogP contribution is 2.35. The van der Waals surface area contributed by atoms with Crippen LogP contribution in [0.1, 0.15) is 25.7 Å². The Hall–Kier alpha value is -0.180. The summed E-state index contributed by atoms with van der Waals surface area (Å²) < 4.78 is 27.3. The summed E-state index contributed by atoms with van der Waals surface area (Å²) in [5, 5.41) is 29.5. The van der Waals surface area contributed by atoms with Crippen molar-refractivity contribution in [2.24, 2.45) is 5.73 Å². The molecule has 1 aliphatic carbocycles. The van der Waals surface area contributed by atoms with Gasteiger partial charge in [0.05, 0.1) is 24.9 Å². The molecule has 1 heterocycles. The van der Waals surface area contributed by atoms with Crippen molar-refractivity contribution in [3.8, 4) is 0 Å². The zero-order valence-corrected chi connectivity index (χ0v) is 13.5. The number of hydrogen-bond acceptors (Lipinski definition) is 8. The van der Waals surface area contributed by atoms with Crippen LogP contribution in [0.3, 0.4) is 0 Å². The molecule has 5 N–H and O–H groups in total. The van der Waals surface area contributed by atoms with Gasteiger partial charge < -0.3 is 30.5 Å². The first-order valence-electron chi connectivity index (χ1n) is 7.48. The van der Waals surface area contributed by atoms with Gasteiger partial charge in [-0.3, -0.25) is 0 Å². The molecule has 1 saturated heterocycles. The van der Waals surface area contributed by atoms with Crippen LogP contribution in [-0.4, -0.2) is 71.4 Å². The maximum atomic E-state index is 11.2. The Morgan fingerprint density at radius 2 is 2.14 bits per heavy atom. The first kappa shape index (κ1) is 18.2. The van der Waals surface area contributed by atoms with Gasteiger partial charge in [0, 0.05) is 0 Å². The smallest absolute Gasteiger partial charge is 0.394 e. The fraction of sp³-hybridized carbons (Fsp3) is 1.00. The van der Waals surface area contributed by atoms with E-state index in [9.17, 15) is 19.9 Å². The fourth-order valence-electron chi connectivity index (χ4n) is 2.74. The van der Waals surface area contributed by atoms with Gasteiger partial charge >= 0.3 is 8.03 Å². The molecule has 2 rings (SSSR count). The molecule has 0 radical (unpaired) electrons. The van der Waals surface area contributed by atoms with Crippen LogP contribution in [0.2, 0.25) is 0 Å². The van der Waals surface area contributed by atoms with E-state index in [4.69, 9.17) is 19.7 Å². The van der Waals surface area contributed by atoms with Crippen molar-refractivity contribution in [3.63, 3.8) is 0 Å². The second-order valence-electron chi connectivity index (χ2n) is 6.00. The van der Waals surface area contributed by atoms with Crippen molar-refractivity contribution in [1.82, 2.24) is 0 Å². The number of ether oxygens (including phenoxy) is 2. The van der Waals surface area contributed by atoms with Crippen LogP contribution in [0.5, 0.6) is 0 Å². The van der Waals surface area contributed by atoms with Crippen molar-refractivity contribution in [1.29, 1.82) is 0 Å². The van der Waals surface area contributed by atoms with Gasteiger partial charge in [-0.25, -0.2) is 0 Å². The highest BCUT2D eigenvalue weighted by atomic mass is 31.1. The molecule has 0 spiro atoms. The summed E-state index contributed by atoms with van der Waals surface area (Å²) in [5.74, 6) is 0. The Labute approximate surface area is 130 Å². The van der Waals surface area contributed by atoms with E-state index in [1.165, 1.54) is 6.66 Å². The van der Waals surface area contributed by atoms with Crippen LogP contribution in [0, 0.1) is 0 Å². The van der Waals surface area contributed by atoms with E-state index in [0.29, 0.717) is 6.42 Å². The van der Waals surface area contributed by atoms with Gasteiger partial charge in [0.1, 0.15) is 12.2 Å². The standard InChI is InChI=1S/C13H25NO7P/c1-22(18)21-11-8(7-15)20-12(9(14)10(11)16)19-6-5-13(17)3-2-4-13/h8-12,15-17H,2-7,14H2,1H3/q+1. The van der Waals surface area contributed by atoms with E-state index >= 15 is 0 Å². The molecule has 22 heavy (non-hydrogen) atoms. The van der Waals surface area contributed by atoms with Gasteiger partial charge in [0.2, 0.25) is 0 Å². The third-order valence-electron chi connectivity index (χ3n) is 4.30. The lowest BCUT2D eigenvalue weighted by atomic mass is 9.78. The number of hydrogen-bond donors (Lipinski definition) is 4. The minimum absolute atomic E-state index is 0.243. The molecule has 8 nitrogen and oxygen atoms in total. The van der Waals surface area contributed by atoms with Gasteiger partial charge in [-0.1, -0.05) is 0 Å². The Bertz CT molecular complexity index is 391. The average Bonchev–Trinajstić information content (AvgIpc) is 2.44. The molecular formula is C13H25NO7P+. The molecule has 0 aromatic carbocycles. The quantitative estimate of drug-likeness (QED) is 0.456. The Morgan fingerprint density at radius 1 is 1.45 bits per heavy atom. The normalized spacial score (nSPS) is 38.4. The molecule has 0 aromatic heterocycles. The second kappa shape index (κ2) is 7.59. The summed E-state index contributed by atoms with van der Waals surface area (Å²) in [6.45, 7) is 1.18. The number of nitrogens with two attached hydrogens (primary N) is 1. The molecule has 2 aliphatic rings. The second-order valence-corrected chi connectivity index (χ2v) is 7.09. The minimum Gasteiger partial charge on any atom is -0.394 e. The van der Waals surface area contributed by atoms with Crippen LogP contribution < -0.4 is 5.73 Å². The predicted octanol–water partition coefficient (Wildman–Crippen LogP) is -0.529. The summed E-state index contributed by atoms with van der Waals surface area (Å²) in [6.07, 6.45) is -0.915. The molecule has 0 aromatic rings. The summed E-state index contributed by atoms with van der Waals surface area (Å²) in [6, 6.07) is -0.890. The van der Waals surface area contributed by atoms with Gasteiger partial charge in [0.15, 0.2) is 19.1 Å². The van der Waals surface area contributed by atoms with E-state index in [2.05, 4.69) is 0 Å². The fourth-order valence-corrected chi connectivity index (χ4v) is 3.34. The highest BCUT2D eigenvalue weighted by Gasteiger charge is 2.48. The van der Waals surface area contributed by atoms with Crippen LogP contribution in [-0.2, 0) is 18.6 Å². The van der Waals surface area contributed by atoms with Crippen molar-refractivity contribution in [3.05, 3.63) is 0 Å². The molecule has 0 amide bonds. The molecule has 0 bridgehead atoms. The largest absolute Gasteiger partial charge is 0.505 e. The Kier molecular flexibility index (Phi) is 6.27. The third-order valence-corrected chi connectivity index (χ3v) is 4.84. The molecular weight excluding hydrogens is 313 g/mol. The molecule has 1 saturated carbocycles. The maximum Gasteiger partial charge on any atom is 0.505 e. The molecule has 1 aliphatic heterocycles. The molecule has 6 unspecified atom stereocenters. The van der Waals surface area contributed by atoms with Crippen molar-refractivity contribution in [2.45, 2.75) is 61.9 Å². The topological polar surface area (TPSA) is 131 Å². The molecule has 9 heteroatoms. The monoisotopic (exact) mass is 338 g/mol. The van der Waals surface area contributed by atoms with Crippen LogP contribution in [0.25, 0.3) is 0 Å². The van der Waals surface area contributed by atoms with Gasteiger partial charge in [-0.2, -0.15) is 0 Å². The van der Waals surface area contributed by atoms with Crippen molar-refractivity contribution < 1.29 is 33.9 Å². The molecule has 2 fully saturated rings. The summed E-state index contributed by atoms with van der Waals surface area (Å²) >= 11 is 0. The van der Waals surface area contributed by atoms with Gasteiger partial charge in [0.25, 0.3) is 0 Å². The van der Waals surface area contributed by atoms with Crippen molar-refractivity contribution >= 4 is 8.03 Å². The zero-order chi connectivity index (χ0) is 16.3. The zero-order valence-electron chi connectivity index (χ0n) is 12.6. The van der Waals surface area contributed by atoms with Crippen LogP contribution in [0.4, 0.5) is 0 Å². The lowest BCUT2D eigenvalue weighted by Crippen LogP contribution is -2.63. The number of rotatable bonds is 7. The lowest BCUT2D eigenvalue weighted by molar-refractivity contribution is -0.263. The molecule has 128 valence electrons. The Balaban J connectivity index is 1.88. The highest BCUT2D eigenvalue weighted by molar-refractivity contribution is 7.38. The SMILES string of the molecule is C[P+](=O)OC1C(CO)OC(OCCC2(O)CCC2)C(N)C1O. The van der Waals surface area contributed by atoms with E-state index in [1.54, 1.807) is 0 Å². The first-order chi connectivity index (χ1) is 10.4. The number of aliphatic hydroxyl groups is 3. The van der Waals surface area contributed by atoms with Gasteiger partial charge in [-0.15, -0.1) is 4.52 Å². The van der Waals surface area contributed by atoms with E-state index in [1.807, 2.05) is 0 Å². The lowest BCUT2D eigenvalue weighted by Gasteiger charge is -2.41. The molecule has 6 atom stereocenters. The van der Waals surface area contributed by atoms with Gasteiger partial charge in [-0.05, 0) is 30.2 Å². The van der Waals surface area contributed by atoms with E-state index < -0.39 is 50.9 Å². The van der Waals surface area contributed by atoms with Crippen molar-refractivity contribution in [2.75, 3.05) is 19.9 Å². The maximum absolute atomic E-state index is 11.2. The van der Waals surface area contributed by atoms with Crippen LogP contribution >= 0.6 is 8.03 Å². The predicted molar refractivity (Wildman–Crippen MR) is 77.5 cm³/mol. The first-order valence-corrected chi connectivity index (χ1v) is 9.10. The Morgan fingerprint density at radius 3 is 2.64 bits per heavy atom. The van der Waals surface area contributed by atoms with E-state index in [0.717, 1.165) is 19.3 Å². The average molecular weight is 338 g/mol. The third kappa shape index (κ3) is 4.21. The summed E-state index contributed by atoms with van der Waals surface area (Å²) in [5.41, 5.74) is 5.22. The summed E-state index contributed by atoms with van der Waals surface area (Å²) in [7, 11) is -1.97. The van der Waals surface area contributed by atoms with E-state index in [-0.39, 0.29) is 6.61 Å². The minimum atomic E-state index is -1.97. The number of aliphatic hydroxyl groups excluding tert-OH is 2. The summed E-state index contributed by atoms with van der Waals surface area (Å²) in [4.78, 5) is 0. The van der Waals surface area contributed by atoms with Crippen LogP contribution in [0.15, 0.2) is 0 Å².